The van der Waals surface area contributed by atoms with Crippen LogP contribution in [0.15, 0.2) is 46.9 Å². The third kappa shape index (κ3) is 4.28. The number of para-hydroxylation sites is 1. The quantitative estimate of drug-likeness (QED) is 0.345. The van der Waals surface area contributed by atoms with Gasteiger partial charge in [-0.05, 0) is 32.9 Å². The van der Waals surface area contributed by atoms with Gasteiger partial charge in [0.2, 0.25) is 0 Å². The lowest BCUT2D eigenvalue weighted by Gasteiger charge is -2.07. The predicted molar refractivity (Wildman–Crippen MR) is 101 cm³/mol. The van der Waals surface area contributed by atoms with Crippen LogP contribution in [-0.2, 0) is 26.1 Å². The normalized spacial score (nSPS) is 10.2. The summed E-state index contributed by atoms with van der Waals surface area (Å²) in [6.07, 6.45) is 1.15. The van der Waals surface area contributed by atoms with Gasteiger partial charge in [-0.3, -0.25) is 9.48 Å². The van der Waals surface area contributed by atoms with Crippen molar-refractivity contribution in [2.75, 3.05) is 18.5 Å². The van der Waals surface area contributed by atoms with Crippen LogP contribution in [0.25, 0.3) is 5.69 Å². The molecule has 144 valence electrons. The summed E-state index contributed by atoms with van der Waals surface area (Å²) >= 11 is 0. The van der Waals surface area contributed by atoms with Crippen LogP contribution < -0.4 is 10.9 Å². The number of ether oxygens (including phenoxy) is 2. The molecule has 0 saturated heterocycles. The standard InChI is InChI=1S/C19H23N3O5/c1-5-26-18(24)15(19(25)27-6-2)12-20-16-13(3)21(4)22(17(16)23)14-10-8-7-9-11-14/h7-12,20H,5-6H2,1-4H3. The van der Waals surface area contributed by atoms with Gasteiger partial charge in [0.1, 0.15) is 5.69 Å². The molecule has 0 atom stereocenters. The number of esters is 2. The van der Waals surface area contributed by atoms with Gasteiger partial charge in [-0.1, -0.05) is 18.2 Å². The highest BCUT2D eigenvalue weighted by Gasteiger charge is 2.22. The van der Waals surface area contributed by atoms with Crippen molar-refractivity contribution in [1.82, 2.24) is 9.36 Å². The molecule has 0 spiro atoms. The summed E-state index contributed by atoms with van der Waals surface area (Å²) < 4.78 is 12.9. The molecule has 0 aliphatic rings. The fourth-order valence-corrected chi connectivity index (χ4v) is 2.50. The number of carbonyl (C=O) groups excluding carboxylic acids is 2. The first-order valence-electron chi connectivity index (χ1n) is 8.57. The number of nitrogens with zero attached hydrogens (tertiary/aromatic N) is 2. The zero-order valence-corrected chi connectivity index (χ0v) is 15.8. The van der Waals surface area contributed by atoms with Gasteiger partial charge in [0.25, 0.3) is 5.56 Å². The van der Waals surface area contributed by atoms with Gasteiger partial charge in [-0.25, -0.2) is 14.3 Å². The van der Waals surface area contributed by atoms with E-state index in [1.165, 1.54) is 4.68 Å². The van der Waals surface area contributed by atoms with E-state index in [4.69, 9.17) is 9.47 Å². The molecule has 0 amide bonds. The smallest absolute Gasteiger partial charge is 0.347 e. The molecule has 0 unspecified atom stereocenters. The van der Waals surface area contributed by atoms with E-state index in [0.29, 0.717) is 11.4 Å². The molecule has 1 heterocycles. The Morgan fingerprint density at radius 1 is 1.07 bits per heavy atom. The molecular weight excluding hydrogens is 350 g/mol. The first-order valence-corrected chi connectivity index (χ1v) is 8.57. The van der Waals surface area contributed by atoms with E-state index in [2.05, 4.69) is 5.32 Å². The van der Waals surface area contributed by atoms with Crippen molar-refractivity contribution in [3.63, 3.8) is 0 Å². The van der Waals surface area contributed by atoms with E-state index in [1.807, 2.05) is 30.3 Å². The van der Waals surface area contributed by atoms with Gasteiger partial charge in [0.05, 0.1) is 24.6 Å². The van der Waals surface area contributed by atoms with Crippen LogP contribution in [0.1, 0.15) is 19.5 Å². The minimum atomic E-state index is -0.819. The van der Waals surface area contributed by atoms with Crippen LogP contribution in [0.3, 0.4) is 0 Å². The lowest BCUT2D eigenvalue weighted by Crippen LogP contribution is -2.22. The maximum absolute atomic E-state index is 12.8. The Morgan fingerprint density at radius 2 is 1.63 bits per heavy atom. The topological polar surface area (TPSA) is 91.6 Å². The number of rotatable bonds is 7. The summed E-state index contributed by atoms with van der Waals surface area (Å²) in [4.78, 5) is 36.9. The molecule has 0 aliphatic carbocycles. The number of hydrogen-bond donors (Lipinski definition) is 1. The summed E-state index contributed by atoms with van der Waals surface area (Å²) in [5, 5.41) is 2.77. The Labute approximate surface area is 157 Å². The van der Waals surface area contributed by atoms with E-state index in [1.54, 1.807) is 32.5 Å². The van der Waals surface area contributed by atoms with Gasteiger partial charge in [-0.2, -0.15) is 0 Å². The molecule has 0 radical (unpaired) electrons. The summed E-state index contributed by atoms with van der Waals surface area (Å²) in [5.74, 6) is -1.64. The molecular formula is C19H23N3O5. The number of anilines is 1. The molecule has 8 nitrogen and oxygen atoms in total. The van der Waals surface area contributed by atoms with Crippen molar-refractivity contribution < 1.29 is 19.1 Å². The molecule has 27 heavy (non-hydrogen) atoms. The first kappa shape index (κ1) is 20.0. The van der Waals surface area contributed by atoms with E-state index < -0.39 is 11.9 Å². The number of benzene rings is 1. The maximum Gasteiger partial charge on any atom is 0.347 e. The number of nitrogens with one attached hydrogen (secondary N) is 1. The van der Waals surface area contributed by atoms with Crippen molar-refractivity contribution in [3.05, 3.63) is 58.2 Å². The first-order chi connectivity index (χ1) is 12.9. The SMILES string of the molecule is CCOC(=O)C(=CNc1c(C)n(C)n(-c2ccccc2)c1=O)C(=O)OCC. The Hall–Kier alpha value is -3.29. The molecule has 2 aromatic rings. The second-order valence-electron chi connectivity index (χ2n) is 5.58. The van der Waals surface area contributed by atoms with Crippen molar-refractivity contribution in [2.45, 2.75) is 20.8 Å². The average molecular weight is 373 g/mol. The zero-order valence-electron chi connectivity index (χ0n) is 15.8. The van der Waals surface area contributed by atoms with Gasteiger partial charge >= 0.3 is 11.9 Å². The third-order valence-electron chi connectivity index (χ3n) is 3.91. The van der Waals surface area contributed by atoms with Gasteiger partial charge < -0.3 is 14.8 Å². The number of aromatic nitrogens is 2. The molecule has 0 bridgehead atoms. The van der Waals surface area contributed by atoms with Crippen LogP contribution in [0.5, 0.6) is 0 Å². The zero-order chi connectivity index (χ0) is 20.0. The maximum atomic E-state index is 12.8. The van der Waals surface area contributed by atoms with Crippen molar-refractivity contribution in [3.8, 4) is 5.69 Å². The fourth-order valence-electron chi connectivity index (χ4n) is 2.50. The van der Waals surface area contributed by atoms with E-state index in [-0.39, 0.29) is 30.0 Å². The summed E-state index contributed by atoms with van der Waals surface area (Å²) in [5.41, 5.74) is 0.942. The molecule has 0 fully saturated rings. The number of hydrogen-bond acceptors (Lipinski definition) is 6. The van der Waals surface area contributed by atoms with E-state index >= 15 is 0 Å². The molecule has 8 heteroatoms. The molecule has 1 aromatic carbocycles. The summed E-state index contributed by atoms with van der Waals surface area (Å²) in [6.45, 7) is 5.24. The summed E-state index contributed by atoms with van der Waals surface area (Å²) in [6, 6.07) is 9.14. The highest BCUT2D eigenvalue weighted by molar-refractivity contribution is 6.14. The Morgan fingerprint density at radius 3 is 2.15 bits per heavy atom. The molecule has 1 aromatic heterocycles. The van der Waals surface area contributed by atoms with Crippen LogP contribution in [0.4, 0.5) is 5.69 Å². The van der Waals surface area contributed by atoms with Gasteiger partial charge in [0, 0.05) is 13.2 Å². The van der Waals surface area contributed by atoms with Crippen molar-refractivity contribution >= 4 is 17.6 Å². The minimum absolute atomic E-state index is 0.112. The lowest BCUT2D eigenvalue weighted by atomic mass is 10.3. The van der Waals surface area contributed by atoms with E-state index in [9.17, 15) is 14.4 Å². The van der Waals surface area contributed by atoms with Gasteiger partial charge in [0.15, 0.2) is 5.57 Å². The van der Waals surface area contributed by atoms with E-state index in [0.717, 1.165) is 6.20 Å². The average Bonchev–Trinajstić information content (AvgIpc) is 2.86. The monoisotopic (exact) mass is 373 g/mol. The van der Waals surface area contributed by atoms with Crippen LogP contribution in [-0.4, -0.2) is 34.5 Å². The Balaban J connectivity index is 2.43. The van der Waals surface area contributed by atoms with Crippen LogP contribution >= 0.6 is 0 Å². The van der Waals surface area contributed by atoms with Crippen molar-refractivity contribution in [1.29, 1.82) is 0 Å². The highest BCUT2D eigenvalue weighted by Crippen LogP contribution is 2.14. The molecule has 0 saturated carbocycles. The fraction of sp³-hybridized carbons (Fsp3) is 0.316. The minimum Gasteiger partial charge on any atom is -0.462 e. The molecule has 0 aliphatic heterocycles. The van der Waals surface area contributed by atoms with Crippen LogP contribution in [0.2, 0.25) is 0 Å². The second-order valence-corrected chi connectivity index (χ2v) is 5.58. The largest absolute Gasteiger partial charge is 0.462 e. The van der Waals surface area contributed by atoms with Gasteiger partial charge in [-0.15, -0.1) is 0 Å². The Bertz CT molecular complexity index is 889. The second kappa shape index (κ2) is 8.88. The van der Waals surface area contributed by atoms with Crippen molar-refractivity contribution in [2.24, 2.45) is 7.05 Å². The summed E-state index contributed by atoms with van der Waals surface area (Å²) in [7, 11) is 1.75. The Kier molecular flexibility index (Phi) is 6.59. The predicted octanol–water partition coefficient (Wildman–Crippen LogP) is 1.91. The highest BCUT2D eigenvalue weighted by atomic mass is 16.6. The lowest BCUT2D eigenvalue weighted by molar-refractivity contribution is -0.146. The van der Waals surface area contributed by atoms with Crippen LogP contribution in [0, 0.1) is 6.92 Å². The molecule has 1 N–H and O–H groups in total. The third-order valence-corrected chi connectivity index (χ3v) is 3.91. The number of carbonyl (C=O) groups is 2. The molecule has 2 rings (SSSR count).